The monoisotopic (exact) mass is 361 g/mol. The van der Waals surface area contributed by atoms with Crippen LogP contribution in [0.2, 0.25) is 0 Å². The number of rotatable bonds is 5. The number of amides is 1. The first kappa shape index (κ1) is 17.0. The maximum absolute atomic E-state index is 12.4. The van der Waals surface area contributed by atoms with Crippen molar-refractivity contribution < 1.29 is 19.0 Å². The molecule has 5 nitrogen and oxygen atoms in total. The molecule has 3 aromatic rings. The van der Waals surface area contributed by atoms with Crippen molar-refractivity contribution in [1.82, 2.24) is 5.32 Å². The zero-order valence-corrected chi connectivity index (χ0v) is 14.7. The molecule has 136 valence electrons. The van der Waals surface area contributed by atoms with Gasteiger partial charge in [-0.1, -0.05) is 24.3 Å². The number of carbonyl (C=O) groups excluding carboxylic acids is 1. The number of benzene rings is 3. The van der Waals surface area contributed by atoms with Gasteiger partial charge in [0, 0.05) is 12.1 Å². The molecular weight excluding hydrogens is 342 g/mol. The minimum Gasteiger partial charge on any atom is -0.486 e. The van der Waals surface area contributed by atoms with Gasteiger partial charge in [0.25, 0.3) is 5.91 Å². The molecule has 0 aliphatic carbocycles. The number of hydrogen-bond acceptors (Lipinski definition) is 4. The molecular formula is C22H19NO4. The van der Waals surface area contributed by atoms with Crippen molar-refractivity contribution in [3.05, 3.63) is 83.9 Å². The van der Waals surface area contributed by atoms with Crippen molar-refractivity contribution in [2.24, 2.45) is 0 Å². The lowest BCUT2D eigenvalue weighted by Gasteiger charge is -2.19. The van der Waals surface area contributed by atoms with Gasteiger partial charge in [0.1, 0.15) is 24.7 Å². The smallest absolute Gasteiger partial charge is 0.251 e. The second kappa shape index (κ2) is 7.83. The average Bonchev–Trinajstić information content (AvgIpc) is 2.73. The molecule has 1 heterocycles. The lowest BCUT2D eigenvalue weighted by molar-refractivity contribution is 0.0951. The summed E-state index contributed by atoms with van der Waals surface area (Å²) in [5, 5.41) is 2.92. The van der Waals surface area contributed by atoms with Crippen molar-refractivity contribution in [1.29, 1.82) is 0 Å². The Bertz CT molecular complexity index is 923. The Balaban J connectivity index is 1.35. The highest BCUT2D eigenvalue weighted by Crippen LogP contribution is 2.30. The van der Waals surface area contributed by atoms with Gasteiger partial charge in [0.2, 0.25) is 0 Å². The number of fused-ring (bicyclic) bond motifs is 1. The topological polar surface area (TPSA) is 56.8 Å². The largest absolute Gasteiger partial charge is 0.486 e. The third-order valence-electron chi connectivity index (χ3n) is 4.16. The first-order valence-electron chi connectivity index (χ1n) is 8.78. The molecule has 0 radical (unpaired) electrons. The van der Waals surface area contributed by atoms with Crippen molar-refractivity contribution >= 4 is 5.91 Å². The third kappa shape index (κ3) is 4.20. The van der Waals surface area contributed by atoms with E-state index in [1.165, 1.54) is 0 Å². The van der Waals surface area contributed by atoms with Crippen LogP contribution in [0, 0.1) is 0 Å². The standard InChI is InChI=1S/C22H19NO4/c24-22(23-15-16-6-11-20-21(14-16)26-13-12-25-20)17-7-9-19(10-8-17)27-18-4-2-1-3-5-18/h1-11,14H,12-13,15H2,(H,23,24). The van der Waals surface area contributed by atoms with Crippen LogP contribution in [0.15, 0.2) is 72.8 Å². The average molecular weight is 361 g/mol. The van der Waals surface area contributed by atoms with Crippen molar-refractivity contribution in [2.75, 3.05) is 13.2 Å². The maximum Gasteiger partial charge on any atom is 0.251 e. The molecule has 0 atom stereocenters. The number of para-hydroxylation sites is 1. The highest BCUT2D eigenvalue weighted by Gasteiger charge is 2.12. The first-order chi connectivity index (χ1) is 13.3. The molecule has 0 aromatic heterocycles. The van der Waals surface area contributed by atoms with E-state index >= 15 is 0 Å². The van der Waals surface area contributed by atoms with E-state index in [9.17, 15) is 4.79 Å². The van der Waals surface area contributed by atoms with E-state index in [1.54, 1.807) is 24.3 Å². The van der Waals surface area contributed by atoms with E-state index in [2.05, 4.69) is 5.32 Å². The zero-order valence-electron chi connectivity index (χ0n) is 14.7. The minimum atomic E-state index is -0.142. The van der Waals surface area contributed by atoms with Crippen molar-refractivity contribution in [2.45, 2.75) is 6.54 Å². The molecule has 1 amide bonds. The molecule has 1 N–H and O–H groups in total. The van der Waals surface area contributed by atoms with Gasteiger partial charge >= 0.3 is 0 Å². The van der Waals surface area contributed by atoms with Gasteiger partial charge in [-0.15, -0.1) is 0 Å². The lowest BCUT2D eigenvalue weighted by Crippen LogP contribution is -2.23. The predicted molar refractivity (Wildman–Crippen MR) is 102 cm³/mol. The van der Waals surface area contributed by atoms with Gasteiger partial charge in [-0.05, 0) is 54.1 Å². The molecule has 0 fully saturated rings. The highest BCUT2D eigenvalue weighted by molar-refractivity contribution is 5.94. The summed E-state index contributed by atoms with van der Waals surface area (Å²) >= 11 is 0. The van der Waals surface area contributed by atoms with Crippen LogP contribution < -0.4 is 19.5 Å². The van der Waals surface area contributed by atoms with Crippen LogP contribution in [0.3, 0.4) is 0 Å². The van der Waals surface area contributed by atoms with E-state index < -0.39 is 0 Å². The normalized spacial score (nSPS) is 12.3. The summed E-state index contributed by atoms with van der Waals surface area (Å²) in [6.07, 6.45) is 0. The Morgan fingerprint density at radius 3 is 2.33 bits per heavy atom. The summed E-state index contributed by atoms with van der Waals surface area (Å²) in [6.45, 7) is 1.52. The van der Waals surface area contributed by atoms with Crippen LogP contribution >= 0.6 is 0 Å². The van der Waals surface area contributed by atoms with Gasteiger partial charge in [0.05, 0.1) is 0 Å². The molecule has 5 heteroatoms. The maximum atomic E-state index is 12.4. The summed E-state index contributed by atoms with van der Waals surface area (Å²) < 4.78 is 16.8. The van der Waals surface area contributed by atoms with Crippen molar-refractivity contribution in [3.63, 3.8) is 0 Å². The fourth-order valence-corrected chi connectivity index (χ4v) is 2.78. The summed E-state index contributed by atoms with van der Waals surface area (Å²) in [5.74, 6) is 2.76. The second-order valence-corrected chi connectivity index (χ2v) is 6.10. The SMILES string of the molecule is O=C(NCc1ccc2c(c1)OCCO2)c1ccc(Oc2ccccc2)cc1. The Morgan fingerprint density at radius 1 is 0.852 bits per heavy atom. The van der Waals surface area contributed by atoms with Gasteiger partial charge in [-0.3, -0.25) is 4.79 Å². The van der Waals surface area contributed by atoms with E-state index in [-0.39, 0.29) is 5.91 Å². The van der Waals surface area contributed by atoms with Crippen LogP contribution in [0.1, 0.15) is 15.9 Å². The molecule has 4 rings (SSSR count). The van der Waals surface area contributed by atoms with Crippen LogP contribution in [0.5, 0.6) is 23.0 Å². The second-order valence-electron chi connectivity index (χ2n) is 6.10. The third-order valence-corrected chi connectivity index (χ3v) is 4.16. The van der Waals surface area contributed by atoms with Gasteiger partial charge in [-0.2, -0.15) is 0 Å². The van der Waals surface area contributed by atoms with E-state index in [4.69, 9.17) is 14.2 Å². The Kier molecular flexibility index (Phi) is 4.92. The van der Waals surface area contributed by atoms with Gasteiger partial charge in [-0.25, -0.2) is 0 Å². The molecule has 3 aromatic carbocycles. The summed E-state index contributed by atoms with van der Waals surface area (Å²) in [7, 11) is 0. The van der Waals surface area contributed by atoms with E-state index in [0.29, 0.717) is 31.1 Å². The van der Waals surface area contributed by atoms with E-state index in [0.717, 1.165) is 22.8 Å². The number of hydrogen-bond donors (Lipinski definition) is 1. The van der Waals surface area contributed by atoms with E-state index in [1.807, 2.05) is 48.5 Å². The minimum absolute atomic E-state index is 0.142. The predicted octanol–water partition coefficient (Wildman–Crippen LogP) is 4.18. The number of nitrogens with one attached hydrogen (secondary N) is 1. The van der Waals surface area contributed by atoms with Crippen LogP contribution in [-0.2, 0) is 6.54 Å². The van der Waals surface area contributed by atoms with Crippen molar-refractivity contribution in [3.8, 4) is 23.0 Å². The Hall–Kier alpha value is -3.47. The van der Waals surface area contributed by atoms with Crippen LogP contribution in [0.25, 0.3) is 0 Å². The molecule has 0 unspecified atom stereocenters. The lowest BCUT2D eigenvalue weighted by atomic mass is 10.1. The van der Waals surface area contributed by atoms with Gasteiger partial charge < -0.3 is 19.5 Å². The molecule has 1 aliphatic heterocycles. The summed E-state index contributed by atoms with van der Waals surface area (Å²) in [4.78, 5) is 12.4. The number of carbonyl (C=O) groups is 1. The Labute approximate surface area is 157 Å². The fraction of sp³-hybridized carbons (Fsp3) is 0.136. The highest BCUT2D eigenvalue weighted by atomic mass is 16.6. The quantitative estimate of drug-likeness (QED) is 0.741. The summed E-state index contributed by atoms with van der Waals surface area (Å²) in [6, 6.07) is 22.3. The Morgan fingerprint density at radius 2 is 1.56 bits per heavy atom. The first-order valence-corrected chi connectivity index (χ1v) is 8.78. The van der Waals surface area contributed by atoms with Crippen LogP contribution in [0.4, 0.5) is 0 Å². The molecule has 0 spiro atoms. The molecule has 0 saturated heterocycles. The van der Waals surface area contributed by atoms with Crippen LogP contribution in [-0.4, -0.2) is 19.1 Å². The molecule has 27 heavy (non-hydrogen) atoms. The number of ether oxygens (including phenoxy) is 3. The fourth-order valence-electron chi connectivity index (χ4n) is 2.78. The molecule has 1 aliphatic rings. The molecule has 0 bridgehead atoms. The summed E-state index contributed by atoms with van der Waals surface area (Å²) in [5.41, 5.74) is 1.53. The molecule has 0 saturated carbocycles. The zero-order chi connectivity index (χ0) is 18.5. The van der Waals surface area contributed by atoms with Gasteiger partial charge in [0.15, 0.2) is 11.5 Å².